The van der Waals surface area contributed by atoms with Crippen molar-refractivity contribution in [3.05, 3.63) is 48.4 Å². The van der Waals surface area contributed by atoms with E-state index in [1.54, 1.807) is 12.5 Å². The first-order valence-electron chi connectivity index (χ1n) is 6.33. The SMILES string of the molecule is Cc1c(N)nc(-c2cncn2C)nc1-c1ccccc1. The molecule has 100 valence electrons. The number of anilines is 1. The van der Waals surface area contributed by atoms with Crippen LogP contribution in [0.4, 0.5) is 5.82 Å². The fourth-order valence-corrected chi connectivity index (χ4v) is 2.10. The number of nitrogens with two attached hydrogens (primary N) is 1. The van der Waals surface area contributed by atoms with Gasteiger partial charge in [0.1, 0.15) is 11.5 Å². The Balaban J connectivity index is 2.21. The standard InChI is InChI=1S/C15H15N5/c1-10-13(11-6-4-3-5-7-11)18-15(19-14(10)16)12-8-17-9-20(12)2/h3-9H,1-2H3,(H2,16,18,19). The lowest BCUT2D eigenvalue weighted by molar-refractivity contribution is 0.908. The van der Waals surface area contributed by atoms with Crippen LogP contribution in [0.1, 0.15) is 5.56 Å². The molecule has 0 aliphatic carbocycles. The predicted octanol–water partition coefficient (Wildman–Crippen LogP) is 2.43. The first-order valence-corrected chi connectivity index (χ1v) is 6.33. The molecule has 0 atom stereocenters. The van der Waals surface area contributed by atoms with Gasteiger partial charge < -0.3 is 10.3 Å². The topological polar surface area (TPSA) is 69.6 Å². The fraction of sp³-hybridized carbons (Fsp3) is 0.133. The molecular formula is C15H15N5. The smallest absolute Gasteiger partial charge is 0.180 e. The van der Waals surface area contributed by atoms with E-state index in [1.807, 2.05) is 48.9 Å². The lowest BCUT2D eigenvalue weighted by atomic mass is 10.1. The number of aryl methyl sites for hydroxylation is 1. The molecule has 20 heavy (non-hydrogen) atoms. The van der Waals surface area contributed by atoms with Crippen LogP contribution < -0.4 is 5.73 Å². The third-order valence-electron chi connectivity index (χ3n) is 3.28. The second-order valence-corrected chi connectivity index (χ2v) is 4.66. The summed E-state index contributed by atoms with van der Waals surface area (Å²) in [4.78, 5) is 13.1. The van der Waals surface area contributed by atoms with Gasteiger partial charge in [-0.05, 0) is 6.92 Å². The lowest BCUT2D eigenvalue weighted by Gasteiger charge is -2.10. The first kappa shape index (κ1) is 12.3. The molecule has 0 saturated heterocycles. The third kappa shape index (κ3) is 2.03. The molecule has 5 nitrogen and oxygen atoms in total. The van der Waals surface area contributed by atoms with Gasteiger partial charge in [0, 0.05) is 18.2 Å². The van der Waals surface area contributed by atoms with Gasteiger partial charge in [-0.3, -0.25) is 0 Å². The Kier molecular flexibility index (Phi) is 2.95. The highest BCUT2D eigenvalue weighted by Gasteiger charge is 2.13. The van der Waals surface area contributed by atoms with Gasteiger partial charge in [0.15, 0.2) is 5.82 Å². The number of rotatable bonds is 2. The number of imidazole rings is 1. The molecule has 0 fully saturated rings. The van der Waals surface area contributed by atoms with Crippen molar-refractivity contribution in [1.29, 1.82) is 0 Å². The maximum atomic E-state index is 6.03. The number of hydrogen-bond donors (Lipinski definition) is 1. The fourth-order valence-electron chi connectivity index (χ4n) is 2.10. The van der Waals surface area contributed by atoms with E-state index in [1.165, 1.54) is 0 Å². The molecule has 1 aromatic carbocycles. The summed E-state index contributed by atoms with van der Waals surface area (Å²) in [5.41, 5.74) is 9.65. The largest absolute Gasteiger partial charge is 0.383 e. The minimum atomic E-state index is 0.495. The maximum Gasteiger partial charge on any atom is 0.180 e. The molecule has 5 heteroatoms. The molecule has 0 aliphatic rings. The van der Waals surface area contributed by atoms with Crippen molar-refractivity contribution in [1.82, 2.24) is 19.5 Å². The molecule has 0 aliphatic heterocycles. The van der Waals surface area contributed by atoms with E-state index in [0.29, 0.717) is 11.6 Å². The second-order valence-electron chi connectivity index (χ2n) is 4.66. The summed E-state index contributed by atoms with van der Waals surface area (Å²) in [6, 6.07) is 9.97. The number of nitrogens with zero attached hydrogens (tertiary/aromatic N) is 4. The Morgan fingerprint density at radius 1 is 1.10 bits per heavy atom. The zero-order chi connectivity index (χ0) is 14.1. The molecule has 3 rings (SSSR count). The Hall–Kier alpha value is -2.69. The van der Waals surface area contributed by atoms with E-state index in [9.17, 15) is 0 Å². The molecular weight excluding hydrogens is 250 g/mol. The van der Waals surface area contributed by atoms with Crippen LogP contribution in [0, 0.1) is 6.92 Å². The van der Waals surface area contributed by atoms with Crippen molar-refractivity contribution in [2.24, 2.45) is 7.05 Å². The van der Waals surface area contributed by atoms with Crippen LogP contribution in [0.5, 0.6) is 0 Å². The van der Waals surface area contributed by atoms with Crippen molar-refractivity contribution in [2.45, 2.75) is 6.92 Å². The molecule has 3 aromatic rings. The van der Waals surface area contributed by atoms with Gasteiger partial charge in [0.05, 0.1) is 18.2 Å². The van der Waals surface area contributed by atoms with Crippen molar-refractivity contribution in [3.8, 4) is 22.8 Å². The normalized spacial score (nSPS) is 10.7. The Morgan fingerprint density at radius 2 is 1.85 bits per heavy atom. The van der Waals surface area contributed by atoms with E-state index < -0.39 is 0 Å². The number of benzene rings is 1. The molecule has 0 saturated carbocycles. The van der Waals surface area contributed by atoms with E-state index in [0.717, 1.165) is 22.5 Å². The van der Waals surface area contributed by atoms with Gasteiger partial charge in [0.25, 0.3) is 0 Å². The highest BCUT2D eigenvalue weighted by Crippen LogP contribution is 2.27. The van der Waals surface area contributed by atoms with Crippen molar-refractivity contribution >= 4 is 5.82 Å². The summed E-state index contributed by atoms with van der Waals surface area (Å²) >= 11 is 0. The third-order valence-corrected chi connectivity index (χ3v) is 3.28. The zero-order valence-corrected chi connectivity index (χ0v) is 11.4. The van der Waals surface area contributed by atoms with Crippen LogP contribution in [0.15, 0.2) is 42.9 Å². The van der Waals surface area contributed by atoms with Crippen LogP contribution >= 0.6 is 0 Å². The predicted molar refractivity (Wildman–Crippen MR) is 78.8 cm³/mol. The summed E-state index contributed by atoms with van der Waals surface area (Å²) in [6.07, 6.45) is 3.45. The monoisotopic (exact) mass is 265 g/mol. The molecule has 0 bridgehead atoms. The van der Waals surface area contributed by atoms with E-state index >= 15 is 0 Å². The first-order chi connectivity index (χ1) is 9.66. The van der Waals surface area contributed by atoms with Gasteiger partial charge in [0.2, 0.25) is 0 Å². The highest BCUT2D eigenvalue weighted by atomic mass is 15.1. The minimum absolute atomic E-state index is 0.495. The van der Waals surface area contributed by atoms with Crippen molar-refractivity contribution in [2.75, 3.05) is 5.73 Å². The summed E-state index contributed by atoms with van der Waals surface area (Å²) in [6.45, 7) is 1.94. The van der Waals surface area contributed by atoms with Gasteiger partial charge in [-0.15, -0.1) is 0 Å². The van der Waals surface area contributed by atoms with Crippen molar-refractivity contribution in [3.63, 3.8) is 0 Å². The molecule has 0 spiro atoms. The summed E-state index contributed by atoms with van der Waals surface area (Å²) in [7, 11) is 1.91. The van der Waals surface area contributed by atoms with Crippen molar-refractivity contribution < 1.29 is 0 Å². The Labute approximate surface area is 117 Å². The summed E-state index contributed by atoms with van der Waals surface area (Å²) in [5, 5.41) is 0. The number of hydrogen-bond acceptors (Lipinski definition) is 4. The minimum Gasteiger partial charge on any atom is -0.383 e. The Morgan fingerprint density at radius 3 is 2.50 bits per heavy atom. The molecule has 0 radical (unpaired) electrons. The maximum absolute atomic E-state index is 6.03. The molecule has 0 amide bonds. The number of aromatic nitrogens is 4. The molecule has 2 aromatic heterocycles. The van der Waals surface area contributed by atoms with Crippen LogP contribution in [0.3, 0.4) is 0 Å². The molecule has 2 N–H and O–H groups in total. The number of nitrogen functional groups attached to an aromatic ring is 1. The average Bonchev–Trinajstić information content (AvgIpc) is 2.89. The van der Waals surface area contributed by atoms with Crippen LogP contribution in [0.2, 0.25) is 0 Å². The van der Waals surface area contributed by atoms with Gasteiger partial charge in [-0.25, -0.2) is 15.0 Å². The van der Waals surface area contributed by atoms with Gasteiger partial charge in [-0.1, -0.05) is 30.3 Å². The molecule has 0 unspecified atom stereocenters. The second kappa shape index (κ2) is 4.77. The quantitative estimate of drug-likeness (QED) is 0.772. The lowest BCUT2D eigenvalue weighted by Crippen LogP contribution is -2.04. The summed E-state index contributed by atoms with van der Waals surface area (Å²) in [5.74, 6) is 1.09. The average molecular weight is 265 g/mol. The van der Waals surface area contributed by atoms with Gasteiger partial charge >= 0.3 is 0 Å². The highest BCUT2D eigenvalue weighted by molar-refractivity contribution is 5.70. The van der Waals surface area contributed by atoms with E-state index in [2.05, 4.69) is 15.0 Å². The van der Waals surface area contributed by atoms with Crippen LogP contribution in [-0.2, 0) is 7.05 Å². The van der Waals surface area contributed by atoms with E-state index in [4.69, 9.17) is 5.73 Å². The molecule has 2 heterocycles. The van der Waals surface area contributed by atoms with E-state index in [-0.39, 0.29) is 0 Å². The Bertz CT molecular complexity index is 746. The van der Waals surface area contributed by atoms with Crippen LogP contribution in [-0.4, -0.2) is 19.5 Å². The zero-order valence-electron chi connectivity index (χ0n) is 11.4. The van der Waals surface area contributed by atoms with Gasteiger partial charge in [-0.2, -0.15) is 0 Å². The summed E-state index contributed by atoms with van der Waals surface area (Å²) < 4.78 is 1.87. The van der Waals surface area contributed by atoms with Crippen LogP contribution in [0.25, 0.3) is 22.8 Å².